The van der Waals surface area contributed by atoms with Gasteiger partial charge in [0.2, 0.25) is 5.75 Å². The van der Waals surface area contributed by atoms with Crippen molar-refractivity contribution in [3.05, 3.63) is 33.4 Å². The molecule has 0 fully saturated rings. The molecular formula is C17H21N3O8S. The number of nitro benzene ring substituents is 1. The predicted molar refractivity (Wildman–Crippen MR) is 103 cm³/mol. The summed E-state index contributed by atoms with van der Waals surface area (Å²) < 4.78 is 38.5. The molecule has 12 heteroatoms. The number of hydrogen-bond donors (Lipinski definition) is 0. The first-order valence-corrected chi connectivity index (χ1v) is 10.1. The lowest BCUT2D eigenvalue weighted by atomic mass is 10.1. The number of amides is 1. The summed E-state index contributed by atoms with van der Waals surface area (Å²) >= 11 is 0. The molecule has 158 valence electrons. The molecule has 29 heavy (non-hydrogen) atoms. The number of nitro groups is 1. The number of methoxy groups -OCH3 is 2. The third-order valence-electron chi connectivity index (χ3n) is 3.76. The van der Waals surface area contributed by atoms with Crippen LogP contribution >= 0.6 is 0 Å². The van der Waals surface area contributed by atoms with Gasteiger partial charge < -0.3 is 18.6 Å². The van der Waals surface area contributed by atoms with Crippen molar-refractivity contribution in [2.24, 2.45) is 0 Å². The van der Waals surface area contributed by atoms with Crippen LogP contribution in [0, 0.1) is 21.4 Å². The summed E-state index contributed by atoms with van der Waals surface area (Å²) in [5.74, 6) is -1.75. The van der Waals surface area contributed by atoms with Gasteiger partial charge in [-0.3, -0.25) is 14.9 Å². The Balaban J connectivity index is 3.95. The normalized spacial score (nSPS) is 11.7. The average Bonchev–Trinajstić information content (AvgIpc) is 2.66. The second kappa shape index (κ2) is 9.74. The van der Waals surface area contributed by atoms with Crippen LogP contribution in [0.2, 0.25) is 0 Å². The van der Waals surface area contributed by atoms with Crippen LogP contribution in [-0.2, 0) is 19.1 Å². The molecule has 1 rings (SSSR count). The molecule has 0 heterocycles. The van der Waals surface area contributed by atoms with Crippen molar-refractivity contribution < 1.29 is 31.8 Å². The molecule has 0 N–H and O–H groups in total. The Bertz CT molecular complexity index is 975. The molecule has 0 aliphatic carbocycles. The Hall–Kier alpha value is -3.33. The maximum Gasteiger partial charge on any atom is 0.315 e. The minimum Gasteiger partial charge on any atom is -0.493 e. The molecular weight excluding hydrogens is 406 g/mol. The number of carbonyl (C=O) groups excluding carboxylic acids is 1. The highest BCUT2D eigenvalue weighted by Gasteiger charge is 2.29. The van der Waals surface area contributed by atoms with E-state index in [1.54, 1.807) is 19.9 Å². The molecule has 0 aliphatic heterocycles. The number of nitriles is 1. The highest BCUT2D eigenvalue weighted by Crippen LogP contribution is 2.40. The van der Waals surface area contributed by atoms with E-state index in [0.29, 0.717) is 0 Å². The van der Waals surface area contributed by atoms with Crippen LogP contribution in [0.5, 0.6) is 11.5 Å². The molecule has 0 unspecified atom stereocenters. The first kappa shape index (κ1) is 23.7. The lowest BCUT2D eigenvalue weighted by Crippen LogP contribution is -2.32. The summed E-state index contributed by atoms with van der Waals surface area (Å²) in [7, 11) is -1.78. The second-order valence-electron chi connectivity index (χ2n) is 5.57. The van der Waals surface area contributed by atoms with E-state index in [4.69, 9.17) is 13.7 Å². The number of hydrogen-bond acceptors (Lipinski definition) is 9. The van der Waals surface area contributed by atoms with Crippen molar-refractivity contribution in [2.75, 3.05) is 33.6 Å². The number of benzene rings is 1. The molecule has 0 aromatic heterocycles. The fourth-order valence-corrected chi connectivity index (χ4v) is 2.94. The SMILES string of the molecule is CCN(CC)C(=O)C(C#N)=C(OS(C)(=O)=O)c1cc(OC)c(OC)c([N+](=O)[O-])c1. The van der Waals surface area contributed by atoms with Gasteiger partial charge in [0.05, 0.1) is 25.4 Å². The van der Waals surface area contributed by atoms with Gasteiger partial charge in [0, 0.05) is 24.7 Å². The molecule has 0 bridgehead atoms. The first-order chi connectivity index (χ1) is 13.5. The topological polar surface area (TPSA) is 149 Å². The van der Waals surface area contributed by atoms with Crippen molar-refractivity contribution in [3.63, 3.8) is 0 Å². The third kappa shape index (κ3) is 5.58. The number of carbonyl (C=O) groups is 1. The molecule has 0 spiro atoms. The van der Waals surface area contributed by atoms with Gasteiger partial charge in [-0.25, -0.2) is 0 Å². The molecule has 11 nitrogen and oxygen atoms in total. The molecule has 1 amide bonds. The van der Waals surface area contributed by atoms with Gasteiger partial charge in [-0.2, -0.15) is 13.7 Å². The van der Waals surface area contributed by atoms with Crippen molar-refractivity contribution in [1.82, 2.24) is 4.90 Å². The summed E-state index contributed by atoms with van der Waals surface area (Å²) in [6.07, 6.45) is 0.721. The van der Waals surface area contributed by atoms with Crippen molar-refractivity contribution in [1.29, 1.82) is 5.26 Å². The van der Waals surface area contributed by atoms with Crippen LogP contribution in [0.3, 0.4) is 0 Å². The smallest absolute Gasteiger partial charge is 0.315 e. The Morgan fingerprint density at radius 3 is 2.21 bits per heavy atom. The summed E-state index contributed by atoms with van der Waals surface area (Å²) in [5.41, 5.74) is -1.40. The van der Waals surface area contributed by atoms with Gasteiger partial charge in [-0.15, -0.1) is 0 Å². The van der Waals surface area contributed by atoms with Crippen LogP contribution in [0.1, 0.15) is 19.4 Å². The Morgan fingerprint density at radius 2 is 1.83 bits per heavy atom. The molecule has 0 aliphatic rings. The quantitative estimate of drug-likeness (QED) is 0.143. The fourth-order valence-electron chi connectivity index (χ4n) is 2.46. The standard InChI is InChI=1S/C17H21N3O8S/c1-6-19(7-2)17(21)12(10-18)15(28-29(5,24)25)11-8-13(20(22)23)16(27-4)14(9-11)26-3/h8-9H,6-7H2,1-5H3. The number of rotatable bonds is 9. The molecule has 0 saturated carbocycles. The fraction of sp³-hybridized carbons (Fsp3) is 0.412. The monoisotopic (exact) mass is 427 g/mol. The maximum absolute atomic E-state index is 12.7. The molecule has 0 radical (unpaired) electrons. The van der Waals surface area contributed by atoms with Crippen molar-refractivity contribution in [2.45, 2.75) is 13.8 Å². The maximum atomic E-state index is 12.7. The van der Waals surface area contributed by atoms with E-state index in [0.717, 1.165) is 12.3 Å². The zero-order valence-corrected chi connectivity index (χ0v) is 17.4. The highest BCUT2D eigenvalue weighted by molar-refractivity contribution is 7.86. The number of nitrogens with zero attached hydrogens (tertiary/aromatic N) is 3. The van der Waals surface area contributed by atoms with E-state index < -0.39 is 38.0 Å². The Morgan fingerprint density at radius 1 is 1.24 bits per heavy atom. The third-order valence-corrected chi connectivity index (χ3v) is 4.23. The largest absolute Gasteiger partial charge is 0.493 e. The molecule has 1 aromatic rings. The average molecular weight is 427 g/mol. The summed E-state index contributed by atoms with van der Waals surface area (Å²) in [6, 6.07) is 3.76. The van der Waals surface area contributed by atoms with Crippen LogP contribution in [0.25, 0.3) is 5.76 Å². The van der Waals surface area contributed by atoms with Crippen LogP contribution in [-0.4, -0.2) is 57.7 Å². The lowest BCUT2D eigenvalue weighted by molar-refractivity contribution is -0.385. The van der Waals surface area contributed by atoms with E-state index in [1.165, 1.54) is 25.2 Å². The summed E-state index contributed by atoms with van der Waals surface area (Å²) in [6.45, 7) is 3.85. The van der Waals surface area contributed by atoms with Crippen LogP contribution < -0.4 is 9.47 Å². The number of likely N-dealkylation sites (N-methyl/N-ethyl adjacent to an activating group) is 1. The van der Waals surface area contributed by atoms with Gasteiger partial charge in [-0.1, -0.05) is 0 Å². The Kier molecular flexibility index (Phi) is 7.96. The summed E-state index contributed by atoms with van der Waals surface area (Å²) in [4.78, 5) is 24.7. The van der Waals surface area contributed by atoms with Gasteiger partial charge in [-0.05, 0) is 19.9 Å². The zero-order valence-electron chi connectivity index (χ0n) is 16.6. The Labute approximate surface area is 168 Å². The lowest BCUT2D eigenvalue weighted by Gasteiger charge is -2.20. The van der Waals surface area contributed by atoms with Gasteiger partial charge in [0.15, 0.2) is 17.1 Å². The van der Waals surface area contributed by atoms with Crippen molar-refractivity contribution >= 4 is 27.5 Å². The minimum atomic E-state index is -4.19. The minimum absolute atomic E-state index is 0.112. The van der Waals surface area contributed by atoms with E-state index in [2.05, 4.69) is 0 Å². The van der Waals surface area contributed by atoms with Gasteiger partial charge in [0.1, 0.15) is 6.07 Å². The van der Waals surface area contributed by atoms with Gasteiger partial charge in [0.25, 0.3) is 5.91 Å². The predicted octanol–water partition coefficient (Wildman–Crippen LogP) is 1.69. The van der Waals surface area contributed by atoms with E-state index >= 15 is 0 Å². The first-order valence-electron chi connectivity index (χ1n) is 8.28. The summed E-state index contributed by atoms with van der Waals surface area (Å²) in [5, 5.41) is 21.0. The van der Waals surface area contributed by atoms with E-state index in [1.807, 2.05) is 0 Å². The van der Waals surface area contributed by atoms with Crippen LogP contribution in [0.4, 0.5) is 5.69 Å². The zero-order chi connectivity index (χ0) is 22.4. The molecule has 0 saturated heterocycles. The van der Waals surface area contributed by atoms with E-state index in [-0.39, 0.29) is 30.2 Å². The van der Waals surface area contributed by atoms with Crippen molar-refractivity contribution in [3.8, 4) is 17.6 Å². The second-order valence-corrected chi connectivity index (χ2v) is 7.14. The molecule has 1 aromatic carbocycles. The highest BCUT2D eigenvalue weighted by atomic mass is 32.2. The number of ether oxygens (including phenoxy) is 2. The molecule has 0 atom stereocenters. The van der Waals surface area contributed by atoms with E-state index in [9.17, 15) is 28.6 Å². The van der Waals surface area contributed by atoms with Crippen LogP contribution in [0.15, 0.2) is 17.7 Å². The van der Waals surface area contributed by atoms with Gasteiger partial charge >= 0.3 is 15.8 Å².